The summed E-state index contributed by atoms with van der Waals surface area (Å²) in [7, 11) is 0. The fourth-order valence-electron chi connectivity index (χ4n) is 2.13. The van der Waals surface area contributed by atoms with E-state index in [1.165, 1.54) is 0 Å². The van der Waals surface area contributed by atoms with Crippen LogP contribution in [0.1, 0.15) is 51.0 Å². The summed E-state index contributed by atoms with van der Waals surface area (Å²) in [6, 6.07) is 7.48. The van der Waals surface area contributed by atoms with Crippen molar-refractivity contribution in [3.63, 3.8) is 0 Å². The number of benzene rings is 1. The lowest BCUT2D eigenvalue weighted by Gasteiger charge is -2.06. The van der Waals surface area contributed by atoms with Gasteiger partial charge in [0.05, 0.1) is 6.61 Å². The Morgan fingerprint density at radius 1 is 1.08 bits per heavy atom. The van der Waals surface area contributed by atoms with Crippen molar-refractivity contribution >= 4 is 17.6 Å². The van der Waals surface area contributed by atoms with E-state index >= 15 is 0 Å². The highest BCUT2D eigenvalue weighted by atomic mass is 16.5. The van der Waals surface area contributed by atoms with Crippen LogP contribution in [-0.2, 0) is 20.9 Å². The van der Waals surface area contributed by atoms with Gasteiger partial charge in [-0.15, -0.1) is 0 Å². The number of nitrogens with two attached hydrogens (primary N) is 1. The number of anilines is 1. The van der Waals surface area contributed by atoms with E-state index in [0.29, 0.717) is 25.1 Å². The van der Waals surface area contributed by atoms with Gasteiger partial charge in [-0.05, 0) is 37.5 Å². The van der Waals surface area contributed by atoms with Gasteiger partial charge in [0.1, 0.15) is 0 Å². The van der Waals surface area contributed by atoms with Crippen LogP contribution in [-0.4, -0.2) is 18.5 Å². The van der Waals surface area contributed by atoms with Gasteiger partial charge < -0.3 is 15.8 Å². The Kier molecular flexibility index (Phi) is 9.27. The highest BCUT2D eigenvalue weighted by molar-refractivity contribution is 5.86. The van der Waals surface area contributed by atoms with E-state index in [-0.39, 0.29) is 11.9 Å². The molecule has 0 bridgehead atoms. The van der Waals surface area contributed by atoms with E-state index in [1.54, 1.807) is 6.92 Å². The van der Waals surface area contributed by atoms with Crippen molar-refractivity contribution in [2.24, 2.45) is 0 Å². The molecular weight excluding hydrogens is 304 g/mol. The number of nitrogen functional groups attached to an aromatic ring is 1. The van der Waals surface area contributed by atoms with E-state index in [1.807, 2.05) is 24.3 Å². The number of esters is 1. The molecule has 3 N–H and O–H groups in total. The summed E-state index contributed by atoms with van der Waals surface area (Å²) < 4.78 is 5.02. The van der Waals surface area contributed by atoms with E-state index in [4.69, 9.17) is 10.5 Å². The highest BCUT2D eigenvalue weighted by Crippen LogP contribution is 2.07. The molecule has 0 heterocycles. The van der Waals surface area contributed by atoms with E-state index in [9.17, 15) is 9.59 Å². The molecule has 0 aliphatic rings. The van der Waals surface area contributed by atoms with Gasteiger partial charge in [-0.3, -0.25) is 4.79 Å². The molecule has 0 saturated heterocycles. The summed E-state index contributed by atoms with van der Waals surface area (Å²) in [6.45, 7) is 6.14. The quantitative estimate of drug-likeness (QED) is 0.282. The van der Waals surface area contributed by atoms with E-state index in [0.717, 1.165) is 43.4 Å². The normalized spacial score (nSPS) is 10.2. The molecule has 0 fully saturated rings. The minimum absolute atomic E-state index is 0.0715. The Bertz CT molecular complexity index is 538. The number of nitrogens with one attached hydrogen (secondary N) is 1. The zero-order valence-electron chi connectivity index (χ0n) is 14.5. The Labute approximate surface area is 144 Å². The number of amides is 1. The van der Waals surface area contributed by atoms with Crippen molar-refractivity contribution in [3.8, 4) is 0 Å². The zero-order chi connectivity index (χ0) is 17.8. The van der Waals surface area contributed by atoms with Gasteiger partial charge in [-0.1, -0.05) is 38.0 Å². The van der Waals surface area contributed by atoms with Crippen molar-refractivity contribution in [3.05, 3.63) is 42.0 Å². The lowest BCUT2D eigenvalue weighted by Crippen LogP contribution is -2.22. The second-order valence-corrected chi connectivity index (χ2v) is 5.95. The van der Waals surface area contributed by atoms with Crippen molar-refractivity contribution in [1.82, 2.24) is 5.32 Å². The predicted molar refractivity (Wildman–Crippen MR) is 96.2 cm³/mol. The average Bonchev–Trinajstić information content (AvgIpc) is 2.56. The third kappa shape index (κ3) is 8.98. The molecule has 132 valence electrons. The van der Waals surface area contributed by atoms with Crippen LogP contribution >= 0.6 is 0 Å². The average molecular weight is 332 g/mol. The van der Waals surface area contributed by atoms with Crippen molar-refractivity contribution < 1.29 is 14.3 Å². The monoisotopic (exact) mass is 332 g/mol. The molecule has 0 radical (unpaired) electrons. The maximum Gasteiger partial charge on any atom is 0.333 e. The number of hydrogen-bond acceptors (Lipinski definition) is 4. The van der Waals surface area contributed by atoms with E-state index < -0.39 is 0 Å². The first-order chi connectivity index (χ1) is 11.5. The van der Waals surface area contributed by atoms with Crippen LogP contribution in [0, 0.1) is 0 Å². The van der Waals surface area contributed by atoms with Crippen LogP contribution in [0.2, 0.25) is 0 Å². The molecule has 1 amide bonds. The summed E-state index contributed by atoms with van der Waals surface area (Å²) in [5.41, 5.74) is 7.82. The van der Waals surface area contributed by atoms with Crippen molar-refractivity contribution in [2.45, 2.75) is 52.0 Å². The Morgan fingerprint density at radius 2 is 1.71 bits per heavy atom. The Balaban J connectivity index is 1.97. The second kappa shape index (κ2) is 11.3. The molecule has 0 saturated carbocycles. The summed E-state index contributed by atoms with van der Waals surface area (Å²) in [4.78, 5) is 22.9. The topological polar surface area (TPSA) is 81.4 Å². The minimum Gasteiger partial charge on any atom is -0.462 e. The Morgan fingerprint density at radius 3 is 2.38 bits per heavy atom. The number of rotatable bonds is 11. The zero-order valence-corrected chi connectivity index (χ0v) is 14.5. The first kappa shape index (κ1) is 19.7. The van der Waals surface area contributed by atoms with Crippen LogP contribution in [0.3, 0.4) is 0 Å². The van der Waals surface area contributed by atoms with Gasteiger partial charge in [-0.2, -0.15) is 0 Å². The molecule has 24 heavy (non-hydrogen) atoms. The first-order valence-corrected chi connectivity index (χ1v) is 8.43. The summed E-state index contributed by atoms with van der Waals surface area (Å²) >= 11 is 0. The van der Waals surface area contributed by atoms with Gasteiger partial charge in [0.2, 0.25) is 5.91 Å². The number of unbranched alkanes of at least 4 members (excludes halogenated alkanes) is 4. The molecule has 1 rings (SSSR count). The number of hydrogen-bond donors (Lipinski definition) is 2. The fraction of sp³-hybridized carbons (Fsp3) is 0.474. The molecular formula is C19H28N2O3. The summed E-state index contributed by atoms with van der Waals surface area (Å²) in [5.74, 6) is -0.255. The Hall–Kier alpha value is -2.30. The molecule has 5 heteroatoms. The maximum atomic E-state index is 11.8. The molecule has 0 spiro atoms. The molecule has 1 aromatic rings. The first-order valence-electron chi connectivity index (χ1n) is 8.43. The lowest BCUT2D eigenvalue weighted by atomic mass is 10.1. The maximum absolute atomic E-state index is 11.8. The molecule has 0 aromatic heterocycles. The number of ether oxygens (including phenoxy) is 1. The summed E-state index contributed by atoms with van der Waals surface area (Å²) in [6.07, 6.45) is 5.30. The van der Waals surface area contributed by atoms with Crippen LogP contribution in [0.25, 0.3) is 0 Å². The van der Waals surface area contributed by atoms with Gasteiger partial charge in [0.15, 0.2) is 0 Å². The van der Waals surface area contributed by atoms with Crippen molar-refractivity contribution in [1.29, 1.82) is 0 Å². The highest BCUT2D eigenvalue weighted by Gasteiger charge is 2.03. The van der Waals surface area contributed by atoms with Gasteiger partial charge in [0.25, 0.3) is 0 Å². The molecule has 0 aliphatic heterocycles. The minimum atomic E-state index is -0.326. The smallest absolute Gasteiger partial charge is 0.333 e. The largest absolute Gasteiger partial charge is 0.462 e. The molecule has 5 nitrogen and oxygen atoms in total. The molecule has 0 atom stereocenters. The standard InChI is InChI=1S/C19H28N2O3/c1-15(2)19(23)24-13-7-5-3-4-6-8-18(22)21-14-16-9-11-17(20)12-10-16/h9-12H,1,3-8,13-14,20H2,2H3,(H,21,22). The molecule has 0 aliphatic carbocycles. The van der Waals surface area contributed by atoms with Gasteiger partial charge in [-0.25, -0.2) is 4.79 Å². The van der Waals surface area contributed by atoms with Crippen LogP contribution < -0.4 is 11.1 Å². The second-order valence-electron chi connectivity index (χ2n) is 5.95. The third-order valence-corrected chi connectivity index (χ3v) is 3.60. The molecule has 0 unspecified atom stereocenters. The number of carbonyl (C=O) groups excluding carboxylic acids is 2. The van der Waals surface area contributed by atoms with Crippen LogP contribution in [0.5, 0.6) is 0 Å². The lowest BCUT2D eigenvalue weighted by molar-refractivity contribution is -0.139. The molecule has 1 aromatic carbocycles. The summed E-state index contributed by atoms with van der Waals surface area (Å²) in [5, 5.41) is 2.91. The fourth-order valence-corrected chi connectivity index (χ4v) is 2.13. The predicted octanol–water partition coefficient (Wildman–Crippen LogP) is 3.34. The number of carbonyl (C=O) groups is 2. The van der Waals surface area contributed by atoms with Crippen molar-refractivity contribution in [2.75, 3.05) is 12.3 Å². The van der Waals surface area contributed by atoms with E-state index in [2.05, 4.69) is 11.9 Å². The van der Waals surface area contributed by atoms with Crippen LogP contribution in [0.15, 0.2) is 36.4 Å². The third-order valence-electron chi connectivity index (χ3n) is 3.60. The van der Waals surface area contributed by atoms with Crippen LogP contribution in [0.4, 0.5) is 5.69 Å². The van der Waals surface area contributed by atoms with Gasteiger partial charge >= 0.3 is 5.97 Å². The SMILES string of the molecule is C=C(C)C(=O)OCCCCCCCC(=O)NCc1ccc(N)cc1. The van der Waals surface area contributed by atoms with Gasteiger partial charge in [0, 0.05) is 24.2 Å².